The third-order valence-electron chi connectivity index (χ3n) is 5.39. The average Bonchev–Trinajstić information content (AvgIpc) is 3.36. The van der Waals surface area contributed by atoms with Crippen molar-refractivity contribution in [3.8, 4) is 0 Å². The van der Waals surface area contributed by atoms with Gasteiger partial charge < -0.3 is 10.2 Å². The van der Waals surface area contributed by atoms with Crippen molar-refractivity contribution in [2.24, 2.45) is 0 Å². The molecule has 8 heteroatoms. The summed E-state index contributed by atoms with van der Waals surface area (Å²) >= 11 is 0. The van der Waals surface area contributed by atoms with E-state index in [9.17, 15) is 13.2 Å². The van der Waals surface area contributed by atoms with Gasteiger partial charge in [-0.05, 0) is 42.3 Å². The average molecular weight is 433 g/mol. The highest BCUT2D eigenvalue weighted by molar-refractivity contribution is 7.90. The molecule has 1 N–H and O–H groups in total. The molecule has 156 valence electrons. The Morgan fingerprint density at radius 3 is 2.48 bits per heavy atom. The van der Waals surface area contributed by atoms with Gasteiger partial charge >= 0.3 is 0 Å². The van der Waals surface area contributed by atoms with Crippen molar-refractivity contribution in [1.82, 2.24) is 9.38 Å². The van der Waals surface area contributed by atoms with E-state index in [1.807, 2.05) is 36.4 Å². The zero-order valence-electron chi connectivity index (χ0n) is 16.8. The molecule has 4 aromatic rings. The second kappa shape index (κ2) is 7.24. The van der Waals surface area contributed by atoms with E-state index in [-0.39, 0.29) is 10.9 Å². The van der Waals surface area contributed by atoms with Crippen LogP contribution >= 0.6 is 0 Å². The molecule has 1 aliphatic rings. The Kier molecular flexibility index (Phi) is 4.51. The van der Waals surface area contributed by atoms with Crippen LogP contribution in [0.4, 0.5) is 17.1 Å². The lowest BCUT2D eigenvalue weighted by molar-refractivity contribution is 0.102. The first-order chi connectivity index (χ1) is 14.9. The van der Waals surface area contributed by atoms with Crippen LogP contribution in [-0.4, -0.2) is 36.5 Å². The van der Waals surface area contributed by atoms with Crippen LogP contribution in [0.5, 0.6) is 0 Å². The Balaban J connectivity index is 1.54. The summed E-state index contributed by atoms with van der Waals surface area (Å²) in [5.41, 5.74) is 4.41. The van der Waals surface area contributed by atoms with Gasteiger partial charge in [-0.3, -0.25) is 9.20 Å². The van der Waals surface area contributed by atoms with E-state index in [2.05, 4.69) is 27.3 Å². The predicted molar refractivity (Wildman–Crippen MR) is 120 cm³/mol. The van der Waals surface area contributed by atoms with Crippen molar-refractivity contribution in [2.75, 3.05) is 23.0 Å². The molecule has 2 aromatic carbocycles. The lowest BCUT2D eigenvalue weighted by Gasteiger charge is -2.22. The van der Waals surface area contributed by atoms with Crippen molar-refractivity contribution < 1.29 is 13.2 Å². The van der Waals surface area contributed by atoms with Gasteiger partial charge in [0.25, 0.3) is 5.91 Å². The SMILES string of the molecule is CS(=O)(=O)c1nc(C(=O)Nc2ccccc2N2CCc3ccccc32)c2ccccn12. The number of sulfone groups is 1. The maximum absolute atomic E-state index is 13.2. The summed E-state index contributed by atoms with van der Waals surface area (Å²) in [5.74, 6) is -0.460. The predicted octanol–water partition coefficient (Wildman–Crippen LogP) is 3.68. The highest BCUT2D eigenvalue weighted by Gasteiger charge is 2.25. The lowest BCUT2D eigenvalue weighted by Crippen LogP contribution is -2.19. The van der Waals surface area contributed by atoms with Gasteiger partial charge in [-0.15, -0.1) is 0 Å². The van der Waals surface area contributed by atoms with Crippen LogP contribution in [0.2, 0.25) is 0 Å². The highest BCUT2D eigenvalue weighted by Crippen LogP contribution is 2.38. The molecule has 0 unspecified atom stereocenters. The van der Waals surface area contributed by atoms with Crippen LogP contribution in [0.15, 0.2) is 78.1 Å². The number of imidazole rings is 1. The van der Waals surface area contributed by atoms with Crippen LogP contribution in [0.25, 0.3) is 5.52 Å². The van der Waals surface area contributed by atoms with Gasteiger partial charge in [0.15, 0.2) is 5.69 Å². The number of benzene rings is 2. The summed E-state index contributed by atoms with van der Waals surface area (Å²) in [5, 5.41) is 2.78. The molecule has 0 aliphatic carbocycles. The van der Waals surface area contributed by atoms with Crippen molar-refractivity contribution >= 4 is 38.3 Å². The Labute approximate surface area is 179 Å². The number of carbonyl (C=O) groups excluding carboxylic acids is 1. The molecule has 0 fully saturated rings. The number of rotatable bonds is 4. The number of hydrogen-bond donors (Lipinski definition) is 1. The molecule has 31 heavy (non-hydrogen) atoms. The van der Waals surface area contributed by atoms with Gasteiger partial charge in [0.05, 0.1) is 16.9 Å². The van der Waals surface area contributed by atoms with Gasteiger partial charge in [-0.1, -0.05) is 36.4 Å². The smallest absolute Gasteiger partial charge is 0.276 e. The van der Waals surface area contributed by atoms with Crippen LogP contribution in [0.1, 0.15) is 16.1 Å². The Hall–Kier alpha value is -3.65. The van der Waals surface area contributed by atoms with Crippen LogP contribution in [0, 0.1) is 0 Å². The maximum Gasteiger partial charge on any atom is 0.276 e. The van der Waals surface area contributed by atoms with Crippen LogP contribution in [0.3, 0.4) is 0 Å². The summed E-state index contributed by atoms with van der Waals surface area (Å²) in [6, 6.07) is 20.9. The Bertz CT molecular complexity index is 1430. The monoisotopic (exact) mass is 432 g/mol. The van der Waals surface area contributed by atoms with Crippen molar-refractivity contribution in [3.05, 3.63) is 84.2 Å². The third-order valence-corrected chi connectivity index (χ3v) is 6.34. The van der Waals surface area contributed by atoms with E-state index in [0.717, 1.165) is 30.6 Å². The molecule has 1 amide bonds. The summed E-state index contributed by atoms with van der Waals surface area (Å²) in [4.78, 5) is 19.5. The maximum atomic E-state index is 13.2. The lowest BCUT2D eigenvalue weighted by atomic mass is 10.1. The molecule has 0 atom stereocenters. The van der Waals surface area contributed by atoms with E-state index in [1.165, 1.54) is 9.96 Å². The van der Waals surface area contributed by atoms with E-state index >= 15 is 0 Å². The fourth-order valence-corrected chi connectivity index (χ4v) is 4.80. The molecule has 0 radical (unpaired) electrons. The largest absolute Gasteiger partial charge is 0.339 e. The Morgan fingerprint density at radius 2 is 1.68 bits per heavy atom. The number of nitrogens with one attached hydrogen (secondary N) is 1. The van der Waals surface area contributed by atoms with Crippen LogP contribution < -0.4 is 10.2 Å². The number of nitrogens with zero attached hydrogens (tertiary/aromatic N) is 3. The van der Waals surface area contributed by atoms with Gasteiger partial charge in [0.1, 0.15) is 0 Å². The Morgan fingerprint density at radius 1 is 0.968 bits per heavy atom. The fraction of sp³-hybridized carbons (Fsp3) is 0.130. The highest BCUT2D eigenvalue weighted by atomic mass is 32.2. The minimum Gasteiger partial charge on any atom is -0.339 e. The molecule has 0 saturated heterocycles. The molecule has 7 nitrogen and oxygen atoms in total. The van der Waals surface area contributed by atoms with E-state index in [0.29, 0.717) is 11.2 Å². The first-order valence-electron chi connectivity index (χ1n) is 9.86. The normalized spacial score (nSPS) is 13.4. The molecule has 3 heterocycles. The molecule has 1 aliphatic heterocycles. The topological polar surface area (TPSA) is 83.8 Å². The molecule has 2 aromatic heterocycles. The van der Waals surface area contributed by atoms with E-state index < -0.39 is 15.7 Å². The zero-order chi connectivity index (χ0) is 21.6. The second-order valence-electron chi connectivity index (χ2n) is 7.47. The van der Waals surface area contributed by atoms with Gasteiger partial charge in [0, 0.05) is 24.7 Å². The molecular formula is C23H20N4O3S. The number of amides is 1. The molecular weight excluding hydrogens is 412 g/mol. The fourth-order valence-electron chi connectivity index (χ4n) is 4.02. The summed E-state index contributed by atoms with van der Waals surface area (Å²) < 4.78 is 25.8. The second-order valence-corrected chi connectivity index (χ2v) is 9.38. The number of carbonyl (C=O) groups is 1. The first kappa shape index (κ1) is 19.3. The first-order valence-corrected chi connectivity index (χ1v) is 11.8. The van der Waals surface area contributed by atoms with Crippen molar-refractivity contribution in [3.63, 3.8) is 0 Å². The van der Waals surface area contributed by atoms with Crippen molar-refractivity contribution in [1.29, 1.82) is 0 Å². The molecule has 0 saturated carbocycles. The molecule has 0 bridgehead atoms. The van der Waals surface area contributed by atoms with Crippen molar-refractivity contribution in [2.45, 2.75) is 11.6 Å². The minimum absolute atomic E-state index is 0.0673. The third kappa shape index (κ3) is 3.34. The number of aromatic nitrogens is 2. The number of fused-ring (bicyclic) bond motifs is 2. The molecule has 0 spiro atoms. The zero-order valence-corrected chi connectivity index (χ0v) is 17.6. The van der Waals surface area contributed by atoms with E-state index in [1.54, 1.807) is 24.4 Å². The minimum atomic E-state index is -3.61. The molecule has 5 rings (SSSR count). The summed E-state index contributed by atoms with van der Waals surface area (Å²) in [6.07, 6.45) is 3.60. The number of anilines is 3. The van der Waals surface area contributed by atoms with E-state index in [4.69, 9.17) is 0 Å². The van der Waals surface area contributed by atoms with Gasteiger partial charge in [-0.2, -0.15) is 0 Å². The van der Waals surface area contributed by atoms with Crippen LogP contribution in [-0.2, 0) is 16.3 Å². The summed E-state index contributed by atoms with van der Waals surface area (Å²) in [6.45, 7) is 0.817. The summed E-state index contributed by atoms with van der Waals surface area (Å²) in [7, 11) is -3.61. The standard InChI is InChI=1S/C23H20N4O3S/c1-31(29,30)23-25-21(20-12-6-7-14-27(20)23)22(28)24-17-9-3-5-11-19(17)26-15-13-16-8-2-4-10-18(16)26/h2-12,14H,13,15H2,1H3,(H,24,28). The van der Waals surface area contributed by atoms with Gasteiger partial charge in [-0.25, -0.2) is 13.4 Å². The van der Waals surface area contributed by atoms with Gasteiger partial charge in [0.2, 0.25) is 15.0 Å². The number of pyridine rings is 1. The number of hydrogen-bond acceptors (Lipinski definition) is 5. The quantitative estimate of drug-likeness (QED) is 0.532. The number of para-hydroxylation sites is 3.